The Labute approximate surface area is 92.1 Å². The number of nitrogens with one attached hydrogen (secondary N) is 1. The average Bonchev–Trinajstić information content (AvgIpc) is 2.17. The third-order valence-electron chi connectivity index (χ3n) is 2.07. The van der Waals surface area contributed by atoms with E-state index in [1.54, 1.807) is 0 Å². The summed E-state index contributed by atoms with van der Waals surface area (Å²) >= 11 is 0. The molecule has 3 heteroatoms. The molecule has 2 nitrogen and oxygen atoms in total. The Balaban J connectivity index is 0.00000144. The van der Waals surface area contributed by atoms with Gasteiger partial charge < -0.3 is 10.4 Å². The molecule has 0 saturated carbocycles. The number of rotatable bonds is 3. The van der Waals surface area contributed by atoms with Gasteiger partial charge in [0.15, 0.2) is 0 Å². The van der Waals surface area contributed by atoms with E-state index in [1.807, 2.05) is 44.3 Å². The van der Waals surface area contributed by atoms with Crippen molar-refractivity contribution in [2.45, 2.75) is 19.1 Å². The molecule has 1 aromatic rings. The van der Waals surface area contributed by atoms with Gasteiger partial charge in [0.25, 0.3) is 0 Å². The quantitative estimate of drug-likeness (QED) is 0.768. The first kappa shape index (κ1) is 12.8. The standard InChI is InChI=1S/C10H15NO.Zn/c1-8(11-2)10(12)9-6-4-3-5-7-9;/h3-8,10-12H,1-2H3;. The summed E-state index contributed by atoms with van der Waals surface area (Å²) in [6, 6.07) is 9.76. The van der Waals surface area contributed by atoms with Gasteiger partial charge in [0.05, 0.1) is 6.10 Å². The van der Waals surface area contributed by atoms with Crippen molar-refractivity contribution < 1.29 is 24.6 Å². The molecule has 0 aliphatic rings. The largest absolute Gasteiger partial charge is 0.387 e. The van der Waals surface area contributed by atoms with E-state index in [4.69, 9.17) is 0 Å². The monoisotopic (exact) mass is 229 g/mol. The van der Waals surface area contributed by atoms with Gasteiger partial charge in [-0.05, 0) is 19.5 Å². The molecule has 2 unspecified atom stereocenters. The second-order valence-corrected chi connectivity index (χ2v) is 2.93. The summed E-state index contributed by atoms with van der Waals surface area (Å²) in [4.78, 5) is 0. The molecule has 0 spiro atoms. The third kappa shape index (κ3) is 3.55. The number of aliphatic hydroxyl groups excluding tert-OH is 1. The van der Waals surface area contributed by atoms with Crippen molar-refractivity contribution in [3.8, 4) is 0 Å². The predicted octanol–water partition coefficient (Wildman–Crippen LogP) is 1.33. The number of likely N-dealkylation sites (N-methyl/N-ethyl adjacent to an activating group) is 1. The van der Waals surface area contributed by atoms with Crippen LogP contribution in [0, 0.1) is 0 Å². The molecule has 0 saturated heterocycles. The fourth-order valence-corrected chi connectivity index (χ4v) is 1.10. The normalized spacial score (nSPS) is 14.4. The second-order valence-electron chi connectivity index (χ2n) is 2.93. The summed E-state index contributed by atoms with van der Waals surface area (Å²) in [6.45, 7) is 1.96. The van der Waals surface area contributed by atoms with Crippen molar-refractivity contribution in [3.63, 3.8) is 0 Å². The maximum absolute atomic E-state index is 9.73. The van der Waals surface area contributed by atoms with Crippen molar-refractivity contribution in [1.29, 1.82) is 0 Å². The molecule has 13 heavy (non-hydrogen) atoms. The van der Waals surface area contributed by atoms with Crippen LogP contribution in [0.5, 0.6) is 0 Å². The van der Waals surface area contributed by atoms with E-state index in [0.29, 0.717) is 0 Å². The van der Waals surface area contributed by atoms with Crippen LogP contribution < -0.4 is 5.32 Å². The van der Waals surface area contributed by atoms with Crippen LogP contribution >= 0.6 is 0 Å². The van der Waals surface area contributed by atoms with Gasteiger partial charge >= 0.3 is 0 Å². The van der Waals surface area contributed by atoms with Gasteiger partial charge in [-0.3, -0.25) is 0 Å². The Morgan fingerprint density at radius 2 is 1.77 bits per heavy atom. The van der Waals surface area contributed by atoms with Crippen LogP contribution in [-0.2, 0) is 19.5 Å². The Hall–Kier alpha value is -0.237. The molecule has 1 rings (SSSR count). The van der Waals surface area contributed by atoms with Gasteiger partial charge in [0.2, 0.25) is 0 Å². The van der Waals surface area contributed by atoms with Gasteiger partial charge in [-0.1, -0.05) is 30.3 Å². The van der Waals surface area contributed by atoms with E-state index in [2.05, 4.69) is 5.32 Å². The second kappa shape index (κ2) is 6.25. The van der Waals surface area contributed by atoms with E-state index in [-0.39, 0.29) is 25.5 Å². The minimum Gasteiger partial charge on any atom is -0.387 e. The minimum atomic E-state index is -0.420. The van der Waals surface area contributed by atoms with Gasteiger partial charge in [-0.2, -0.15) is 0 Å². The summed E-state index contributed by atoms with van der Waals surface area (Å²) in [7, 11) is 1.84. The molecule has 1 aromatic carbocycles. The van der Waals surface area contributed by atoms with Crippen molar-refractivity contribution in [1.82, 2.24) is 5.32 Å². The topological polar surface area (TPSA) is 32.3 Å². The summed E-state index contributed by atoms with van der Waals surface area (Å²) < 4.78 is 0. The molecule has 2 N–H and O–H groups in total. The first-order valence-corrected chi connectivity index (χ1v) is 4.16. The molecule has 0 bridgehead atoms. The predicted molar refractivity (Wildman–Crippen MR) is 49.9 cm³/mol. The Morgan fingerprint density at radius 1 is 1.23 bits per heavy atom. The molecule has 0 aliphatic carbocycles. The Bertz CT molecular complexity index is 228. The Morgan fingerprint density at radius 3 is 2.23 bits per heavy atom. The fourth-order valence-electron chi connectivity index (χ4n) is 1.10. The molecular formula is C10H15NOZn. The van der Waals surface area contributed by atoms with E-state index in [9.17, 15) is 5.11 Å². The molecule has 0 aromatic heterocycles. The van der Waals surface area contributed by atoms with Crippen molar-refractivity contribution in [3.05, 3.63) is 35.9 Å². The molecule has 0 amide bonds. The maximum atomic E-state index is 9.73. The smallest absolute Gasteiger partial charge is 0.0940 e. The number of hydrogen-bond donors (Lipinski definition) is 2. The van der Waals surface area contributed by atoms with E-state index < -0.39 is 6.10 Å². The third-order valence-corrected chi connectivity index (χ3v) is 2.07. The Kier molecular flexibility index (Phi) is 6.14. The molecule has 2 atom stereocenters. The summed E-state index contributed by atoms with van der Waals surface area (Å²) in [5, 5.41) is 12.7. The first-order valence-electron chi connectivity index (χ1n) is 4.16. The van der Waals surface area contributed by atoms with E-state index in [0.717, 1.165) is 5.56 Å². The summed E-state index contributed by atoms with van der Waals surface area (Å²) in [5.74, 6) is 0. The van der Waals surface area contributed by atoms with Crippen LogP contribution in [0.3, 0.4) is 0 Å². The molecule has 0 radical (unpaired) electrons. The maximum Gasteiger partial charge on any atom is 0.0940 e. The van der Waals surface area contributed by atoms with Crippen molar-refractivity contribution in [2.75, 3.05) is 7.05 Å². The number of hydrogen-bond acceptors (Lipinski definition) is 2. The zero-order chi connectivity index (χ0) is 8.97. The van der Waals surface area contributed by atoms with Crippen molar-refractivity contribution in [2.24, 2.45) is 0 Å². The molecule has 68 valence electrons. The molecule has 0 heterocycles. The zero-order valence-electron chi connectivity index (χ0n) is 8.20. The van der Waals surface area contributed by atoms with E-state index >= 15 is 0 Å². The average molecular weight is 231 g/mol. The van der Waals surface area contributed by atoms with E-state index in [1.165, 1.54) is 0 Å². The SMILES string of the molecule is CNC(C)C(O)c1ccccc1.[Zn]. The number of aliphatic hydroxyl groups is 1. The summed E-state index contributed by atoms with van der Waals surface area (Å²) in [5.41, 5.74) is 0.958. The van der Waals surface area contributed by atoms with Crippen LogP contribution in [0.25, 0.3) is 0 Å². The number of benzene rings is 1. The van der Waals surface area contributed by atoms with Gasteiger partial charge in [-0.25, -0.2) is 0 Å². The van der Waals surface area contributed by atoms with Gasteiger partial charge in [-0.15, -0.1) is 0 Å². The van der Waals surface area contributed by atoms with Crippen LogP contribution in [0.15, 0.2) is 30.3 Å². The summed E-state index contributed by atoms with van der Waals surface area (Å²) in [6.07, 6.45) is -0.420. The molecular weight excluding hydrogens is 216 g/mol. The zero-order valence-corrected chi connectivity index (χ0v) is 11.2. The van der Waals surface area contributed by atoms with Crippen LogP contribution in [0.4, 0.5) is 0 Å². The first-order chi connectivity index (χ1) is 5.75. The molecule has 0 fully saturated rings. The van der Waals surface area contributed by atoms with Gasteiger partial charge in [0.1, 0.15) is 0 Å². The molecule has 0 aliphatic heterocycles. The minimum absolute atomic E-state index is 0. The van der Waals surface area contributed by atoms with Gasteiger partial charge in [0, 0.05) is 25.5 Å². The van der Waals surface area contributed by atoms with Crippen LogP contribution in [0.2, 0.25) is 0 Å². The van der Waals surface area contributed by atoms with Crippen LogP contribution in [0.1, 0.15) is 18.6 Å². The fraction of sp³-hybridized carbons (Fsp3) is 0.400. The van der Waals surface area contributed by atoms with Crippen molar-refractivity contribution >= 4 is 0 Å². The van der Waals surface area contributed by atoms with Crippen LogP contribution in [-0.4, -0.2) is 18.2 Å².